The van der Waals surface area contributed by atoms with Crippen LogP contribution in [0.1, 0.15) is 48.5 Å². The van der Waals surface area contributed by atoms with E-state index in [9.17, 15) is 24.6 Å². The summed E-state index contributed by atoms with van der Waals surface area (Å²) in [4.78, 5) is 35.0. The van der Waals surface area contributed by atoms with Gasteiger partial charge in [-0.2, -0.15) is 0 Å². The first-order valence-electron chi connectivity index (χ1n) is 12.2. The first kappa shape index (κ1) is 26.1. The fraction of sp³-hybridized carbons (Fsp3) is 0.276. The molecular weight excluding hydrogens is 472 g/mol. The molecule has 4 rings (SSSR count). The van der Waals surface area contributed by atoms with Crippen molar-refractivity contribution in [2.75, 3.05) is 18.5 Å². The maximum atomic E-state index is 12.3. The average Bonchev–Trinajstić information content (AvgIpc) is 3.20. The molecule has 2 amide bonds. The molecule has 3 aromatic rings. The Morgan fingerprint density at radius 3 is 2.08 bits per heavy atom. The SMILES string of the molecule is CC(=O)CC(=O)Nc1ccc(C(O)C(O)CCNC(=O)OCC2c3ccccc3-c3ccccc32)cc1. The number of benzene rings is 3. The molecule has 2 atom stereocenters. The number of amides is 2. The highest BCUT2D eigenvalue weighted by Gasteiger charge is 2.29. The molecule has 0 aromatic heterocycles. The van der Waals surface area contributed by atoms with Gasteiger partial charge in [0.15, 0.2) is 0 Å². The van der Waals surface area contributed by atoms with Crippen molar-refractivity contribution in [2.45, 2.75) is 37.9 Å². The fourth-order valence-corrected chi connectivity index (χ4v) is 4.55. The predicted molar refractivity (Wildman–Crippen MR) is 139 cm³/mol. The average molecular weight is 503 g/mol. The van der Waals surface area contributed by atoms with Gasteiger partial charge in [-0.15, -0.1) is 0 Å². The number of alkyl carbamates (subject to hydrolysis) is 1. The van der Waals surface area contributed by atoms with Gasteiger partial charge in [-0.25, -0.2) is 4.79 Å². The van der Waals surface area contributed by atoms with Crippen molar-refractivity contribution >= 4 is 23.5 Å². The highest BCUT2D eigenvalue weighted by Crippen LogP contribution is 2.44. The van der Waals surface area contributed by atoms with E-state index in [-0.39, 0.29) is 37.7 Å². The second kappa shape index (κ2) is 11.8. The highest BCUT2D eigenvalue weighted by atomic mass is 16.5. The number of hydrogen-bond donors (Lipinski definition) is 4. The van der Waals surface area contributed by atoms with Gasteiger partial charge in [0.2, 0.25) is 5.91 Å². The van der Waals surface area contributed by atoms with Gasteiger partial charge in [-0.05, 0) is 53.3 Å². The molecule has 8 heteroatoms. The third-order valence-electron chi connectivity index (χ3n) is 6.36. The monoisotopic (exact) mass is 502 g/mol. The van der Waals surface area contributed by atoms with Crippen molar-refractivity contribution < 1.29 is 29.3 Å². The summed E-state index contributed by atoms with van der Waals surface area (Å²) in [5.74, 6) is -0.694. The minimum atomic E-state index is -1.17. The lowest BCUT2D eigenvalue weighted by atomic mass is 9.98. The Bertz CT molecular complexity index is 1230. The lowest BCUT2D eigenvalue weighted by molar-refractivity contribution is -0.124. The van der Waals surface area contributed by atoms with Crippen LogP contribution in [0.4, 0.5) is 10.5 Å². The third-order valence-corrected chi connectivity index (χ3v) is 6.36. The van der Waals surface area contributed by atoms with Crippen LogP contribution in [0.2, 0.25) is 0 Å². The standard InChI is InChI=1S/C29H30N2O6/c1-18(32)16-27(34)31-20-12-10-19(11-13-20)28(35)26(33)14-15-30-29(36)37-17-25-23-8-4-2-6-21(23)22-7-3-5-9-24(22)25/h2-13,25-26,28,33,35H,14-17H2,1H3,(H,30,36)(H,31,34). The number of aliphatic hydroxyl groups excluding tert-OH is 2. The number of anilines is 1. The summed E-state index contributed by atoms with van der Waals surface area (Å²) >= 11 is 0. The zero-order valence-corrected chi connectivity index (χ0v) is 20.5. The molecule has 0 saturated heterocycles. The number of carbonyl (C=O) groups excluding carboxylic acids is 3. The van der Waals surface area contributed by atoms with Crippen LogP contribution in [0.15, 0.2) is 72.8 Å². The molecule has 0 aliphatic heterocycles. The summed E-state index contributed by atoms with van der Waals surface area (Å²) in [7, 11) is 0. The van der Waals surface area contributed by atoms with Gasteiger partial charge in [0.1, 0.15) is 18.5 Å². The number of aliphatic hydroxyl groups is 2. The molecule has 3 aromatic carbocycles. The Morgan fingerprint density at radius 2 is 1.49 bits per heavy atom. The van der Waals surface area contributed by atoms with Crippen molar-refractivity contribution in [1.82, 2.24) is 5.32 Å². The lowest BCUT2D eigenvalue weighted by Crippen LogP contribution is -2.30. The number of fused-ring (bicyclic) bond motifs is 3. The van der Waals surface area contributed by atoms with Crippen LogP contribution in [-0.4, -0.2) is 47.3 Å². The van der Waals surface area contributed by atoms with Crippen molar-refractivity contribution in [1.29, 1.82) is 0 Å². The van der Waals surface area contributed by atoms with E-state index in [1.807, 2.05) is 36.4 Å². The third kappa shape index (κ3) is 6.41. The summed E-state index contributed by atoms with van der Waals surface area (Å²) in [6.07, 6.45) is -2.98. The molecule has 8 nitrogen and oxygen atoms in total. The highest BCUT2D eigenvalue weighted by molar-refractivity contribution is 6.03. The van der Waals surface area contributed by atoms with Gasteiger partial charge < -0.3 is 25.6 Å². The predicted octanol–water partition coefficient (Wildman–Crippen LogP) is 3.93. The number of carbonyl (C=O) groups is 3. The van der Waals surface area contributed by atoms with Crippen molar-refractivity contribution in [3.8, 4) is 11.1 Å². The summed E-state index contributed by atoms with van der Waals surface area (Å²) in [6.45, 7) is 1.65. The number of rotatable bonds is 10. The summed E-state index contributed by atoms with van der Waals surface area (Å²) in [6, 6.07) is 22.5. The van der Waals surface area contributed by atoms with E-state index in [1.165, 1.54) is 6.92 Å². The smallest absolute Gasteiger partial charge is 0.407 e. The van der Waals surface area contributed by atoms with Gasteiger partial charge in [-0.1, -0.05) is 60.7 Å². The fourth-order valence-electron chi connectivity index (χ4n) is 4.55. The molecule has 0 bridgehead atoms. The molecule has 0 spiro atoms. The van der Waals surface area contributed by atoms with Crippen LogP contribution in [0.5, 0.6) is 0 Å². The van der Waals surface area contributed by atoms with E-state index in [0.717, 1.165) is 22.3 Å². The Hall–Kier alpha value is -4.01. The molecule has 192 valence electrons. The van der Waals surface area contributed by atoms with Gasteiger partial charge in [0.25, 0.3) is 0 Å². The number of nitrogens with one attached hydrogen (secondary N) is 2. The van der Waals surface area contributed by atoms with E-state index < -0.39 is 24.2 Å². The molecule has 1 aliphatic carbocycles. The largest absolute Gasteiger partial charge is 0.449 e. The van der Waals surface area contributed by atoms with Crippen LogP contribution < -0.4 is 10.6 Å². The van der Waals surface area contributed by atoms with E-state index in [1.54, 1.807) is 24.3 Å². The van der Waals surface area contributed by atoms with Gasteiger partial charge in [-0.3, -0.25) is 9.59 Å². The molecule has 37 heavy (non-hydrogen) atoms. The number of ketones is 1. The first-order chi connectivity index (χ1) is 17.8. The van der Waals surface area contributed by atoms with E-state index >= 15 is 0 Å². The molecule has 0 fully saturated rings. The van der Waals surface area contributed by atoms with Crippen LogP contribution in [-0.2, 0) is 14.3 Å². The van der Waals surface area contributed by atoms with Crippen molar-refractivity contribution in [3.05, 3.63) is 89.5 Å². The summed E-state index contributed by atoms with van der Waals surface area (Å²) in [5.41, 5.74) is 5.48. The maximum absolute atomic E-state index is 12.3. The molecule has 0 saturated carbocycles. The second-order valence-electron chi connectivity index (χ2n) is 9.10. The first-order valence-corrected chi connectivity index (χ1v) is 12.2. The molecule has 0 radical (unpaired) electrons. The molecular formula is C29H30N2O6. The van der Waals surface area contributed by atoms with Crippen molar-refractivity contribution in [2.24, 2.45) is 0 Å². The number of hydrogen-bond acceptors (Lipinski definition) is 6. The molecule has 2 unspecified atom stereocenters. The Kier molecular flexibility index (Phi) is 8.32. The van der Waals surface area contributed by atoms with Crippen LogP contribution in [0, 0.1) is 0 Å². The topological polar surface area (TPSA) is 125 Å². The number of ether oxygens (including phenoxy) is 1. The van der Waals surface area contributed by atoms with Gasteiger partial charge >= 0.3 is 6.09 Å². The Morgan fingerprint density at radius 1 is 0.892 bits per heavy atom. The van der Waals surface area contributed by atoms with E-state index in [2.05, 4.69) is 22.8 Å². The van der Waals surface area contributed by atoms with E-state index in [4.69, 9.17) is 4.74 Å². The quantitative estimate of drug-likeness (QED) is 0.312. The van der Waals surface area contributed by atoms with Crippen LogP contribution >= 0.6 is 0 Å². The van der Waals surface area contributed by atoms with E-state index in [0.29, 0.717) is 11.3 Å². The number of Topliss-reactive ketones (excluding diaryl/α,β-unsaturated/α-hetero) is 1. The summed E-state index contributed by atoms with van der Waals surface area (Å²) in [5, 5.41) is 26.0. The molecule has 4 N–H and O–H groups in total. The van der Waals surface area contributed by atoms with Gasteiger partial charge in [0, 0.05) is 18.2 Å². The second-order valence-corrected chi connectivity index (χ2v) is 9.10. The van der Waals surface area contributed by atoms with Crippen LogP contribution in [0.3, 0.4) is 0 Å². The molecule has 0 heterocycles. The Balaban J connectivity index is 1.23. The maximum Gasteiger partial charge on any atom is 0.407 e. The van der Waals surface area contributed by atoms with Crippen LogP contribution in [0.25, 0.3) is 11.1 Å². The summed E-state index contributed by atoms with van der Waals surface area (Å²) < 4.78 is 5.49. The lowest BCUT2D eigenvalue weighted by Gasteiger charge is -2.19. The molecule has 1 aliphatic rings. The minimum absolute atomic E-state index is 0.0409. The van der Waals surface area contributed by atoms with Crippen molar-refractivity contribution in [3.63, 3.8) is 0 Å². The zero-order valence-electron chi connectivity index (χ0n) is 20.5. The Labute approximate surface area is 215 Å². The van der Waals surface area contributed by atoms with Gasteiger partial charge in [0.05, 0.1) is 12.5 Å². The zero-order chi connectivity index (χ0) is 26.4. The normalized spacial score (nSPS) is 13.7. The minimum Gasteiger partial charge on any atom is -0.449 e.